The standard InChI is InChI=1S/C20H22BrNO3/c1-3-25-18-10-6-16(7-11-18)19(23)12-13-20(24)22(2)14-15-4-8-17(21)9-5-15/h4-11H,3,12-14H2,1-2H3. The van der Waals surface area contributed by atoms with Gasteiger partial charge in [0.05, 0.1) is 6.61 Å². The van der Waals surface area contributed by atoms with Crippen molar-refractivity contribution in [1.29, 1.82) is 0 Å². The molecule has 5 heteroatoms. The minimum absolute atomic E-state index is 0.0339. The number of benzene rings is 2. The van der Waals surface area contributed by atoms with Crippen LogP contribution in [0.25, 0.3) is 0 Å². The van der Waals surface area contributed by atoms with Crippen LogP contribution in [-0.2, 0) is 11.3 Å². The lowest BCUT2D eigenvalue weighted by Gasteiger charge is -2.17. The molecule has 25 heavy (non-hydrogen) atoms. The van der Waals surface area contributed by atoms with Gasteiger partial charge < -0.3 is 9.64 Å². The Balaban J connectivity index is 1.83. The summed E-state index contributed by atoms with van der Waals surface area (Å²) in [7, 11) is 1.76. The van der Waals surface area contributed by atoms with E-state index in [-0.39, 0.29) is 24.5 Å². The van der Waals surface area contributed by atoms with Crippen LogP contribution < -0.4 is 4.74 Å². The quantitative estimate of drug-likeness (QED) is 0.610. The van der Waals surface area contributed by atoms with E-state index in [0.717, 1.165) is 15.8 Å². The third kappa shape index (κ3) is 6.02. The van der Waals surface area contributed by atoms with E-state index in [1.807, 2.05) is 31.2 Å². The molecule has 0 aliphatic carbocycles. The molecule has 132 valence electrons. The molecule has 0 bridgehead atoms. The van der Waals surface area contributed by atoms with Crippen LogP contribution in [0.2, 0.25) is 0 Å². The van der Waals surface area contributed by atoms with E-state index < -0.39 is 0 Å². The van der Waals surface area contributed by atoms with Crippen LogP contribution in [0, 0.1) is 0 Å². The zero-order chi connectivity index (χ0) is 18.2. The fourth-order valence-electron chi connectivity index (χ4n) is 2.41. The molecule has 0 atom stereocenters. The molecule has 0 saturated heterocycles. The number of ketones is 1. The first-order valence-corrected chi connectivity index (χ1v) is 9.03. The van der Waals surface area contributed by atoms with E-state index in [1.54, 1.807) is 36.2 Å². The minimum atomic E-state index is -0.0396. The number of hydrogen-bond acceptors (Lipinski definition) is 3. The molecule has 0 radical (unpaired) electrons. The molecule has 2 aromatic rings. The Morgan fingerprint density at radius 2 is 1.64 bits per heavy atom. The Bertz CT molecular complexity index is 711. The van der Waals surface area contributed by atoms with Gasteiger partial charge in [0.25, 0.3) is 0 Å². The van der Waals surface area contributed by atoms with E-state index in [2.05, 4.69) is 15.9 Å². The van der Waals surface area contributed by atoms with Gasteiger partial charge in [-0.15, -0.1) is 0 Å². The molecule has 0 aliphatic heterocycles. The average Bonchev–Trinajstić information content (AvgIpc) is 2.62. The maximum atomic E-state index is 12.2. The summed E-state index contributed by atoms with van der Waals surface area (Å²) in [6, 6.07) is 14.9. The van der Waals surface area contributed by atoms with Gasteiger partial charge in [0.1, 0.15) is 5.75 Å². The van der Waals surface area contributed by atoms with Gasteiger partial charge in [-0.3, -0.25) is 9.59 Å². The van der Waals surface area contributed by atoms with Crippen molar-refractivity contribution in [2.45, 2.75) is 26.3 Å². The fourth-order valence-corrected chi connectivity index (χ4v) is 2.68. The molecule has 2 rings (SSSR count). The first kappa shape index (κ1) is 19.2. The summed E-state index contributed by atoms with van der Waals surface area (Å²) in [4.78, 5) is 26.1. The molecule has 0 aliphatic rings. The smallest absolute Gasteiger partial charge is 0.223 e. The number of carbonyl (C=O) groups excluding carboxylic acids is 2. The zero-order valence-electron chi connectivity index (χ0n) is 14.5. The van der Waals surface area contributed by atoms with E-state index in [1.165, 1.54) is 0 Å². The average molecular weight is 404 g/mol. The molecule has 1 amide bonds. The Morgan fingerprint density at radius 1 is 1.00 bits per heavy atom. The van der Waals surface area contributed by atoms with E-state index >= 15 is 0 Å². The van der Waals surface area contributed by atoms with Gasteiger partial charge in [-0.1, -0.05) is 28.1 Å². The predicted octanol–water partition coefficient (Wildman–Crippen LogP) is 4.47. The van der Waals surface area contributed by atoms with Crippen molar-refractivity contribution in [3.05, 3.63) is 64.1 Å². The second kappa shape index (κ2) is 9.37. The van der Waals surface area contributed by atoms with Crippen LogP contribution >= 0.6 is 15.9 Å². The largest absolute Gasteiger partial charge is 0.494 e. The van der Waals surface area contributed by atoms with Crippen molar-refractivity contribution in [1.82, 2.24) is 4.90 Å². The number of carbonyl (C=O) groups is 2. The Kier molecular flexibility index (Phi) is 7.19. The van der Waals surface area contributed by atoms with Crippen molar-refractivity contribution in [3.8, 4) is 5.75 Å². The van der Waals surface area contributed by atoms with Gasteiger partial charge in [-0.05, 0) is 48.9 Å². The van der Waals surface area contributed by atoms with Crippen LogP contribution in [-0.4, -0.2) is 30.2 Å². The van der Waals surface area contributed by atoms with Crippen LogP contribution in [0.3, 0.4) is 0 Å². The number of hydrogen-bond donors (Lipinski definition) is 0. The van der Waals surface area contributed by atoms with Crippen molar-refractivity contribution in [2.75, 3.05) is 13.7 Å². The molecule has 0 aromatic heterocycles. The number of Topliss-reactive ketones (excluding diaryl/α,β-unsaturated/α-hetero) is 1. The summed E-state index contributed by atoms with van der Waals surface area (Å²) in [6.45, 7) is 3.03. The third-order valence-corrected chi connectivity index (χ3v) is 4.34. The van der Waals surface area contributed by atoms with E-state index in [0.29, 0.717) is 18.7 Å². The van der Waals surface area contributed by atoms with E-state index in [4.69, 9.17) is 4.74 Å². The molecule has 0 heterocycles. The lowest BCUT2D eigenvalue weighted by Crippen LogP contribution is -2.26. The number of rotatable bonds is 8. The summed E-state index contributed by atoms with van der Waals surface area (Å²) in [5, 5.41) is 0. The van der Waals surface area contributed by atoms with Gasteiger partial charge in [0.2, 0.25) is 5.91 Å². The fraction of sp³-hybridized carbons (Fsp3) is 0.300. The van der Waals surface area contributed by atoms with Crippen LogP contribution in [0.1, 0.15) is 35.7 Å². The summed E-state index contributed by atoms with van der Waals surface area (Å²) in [5.74, 6) is 0.667. The van der Waals surface area contributed by atoms with Crippen molar-refractivity contribution >= 4 is 27.6 Å². The maximum absolute atomic E-state index is 12.2. The van der Waals surface area contributed by atoms with Crippen LogP contribution in [0.5, 0.6) is 5.75 Å². The summed E-state index contributed by atoms with van der Waals surface area (Å²) >= 11 is 3.39. The SMILES string of the molecule is CCOc1ccc(C(=O)CCC(=O)N(C)Cc2ccc(Br)cc2)cc1. The maximum Gasteiger partial charge on any atom is 0.223 e. The van der Waals surface area contributed by atoms with Gasteiger partial charge in [0.15, 0.2) is 5.78 Å². The van der Waals surface area contributed by atoms with Gasteiger partial charge in [-0.2, -0.15) is 0 Å². The molecule has 0 N–H and O–H groups in total. The second-order valence-corrected chi connectivity index (χ2v) is 6.67. The molecule has 0 fully saturated rings. The molecule has 4 nitrogen and oxygen atoms in total. The van der Waals surface area contributed by atoms with Gasteiger partial charge in [-0.25, -0.2) is 0 Å². The highest BCUT2D eigenvalue weighted by molar-refractivity contribution is 9.10. The first-order chi connectivity index (χ1) is 12.0. The van der Waals surface area contributed by atoms with Crippen molar-refractivity contribution in [2.24, 2.45) is 0 Å². The number of nitrogens with zero attached hydrogens (tertiary/aromatic N) is 1. The lowest BCUT2D eigenvalue weighted by atomic mass is 10.1. The minimum Gasteiger partial charge on any atom is -0.494 e. The zero-order valence-corrected chi connectivity index (χ0v) is 16.1. The van der Waals surface area contributed by atoms with Crippen molar-refractivity contribution < 1.29 is 14.3 Å². The molecular formula is C20H22BrNO3. The number of halogens is 1. The highest BCUT2D eigenvalue weighted by Crippen LogP contribution is 2.15. The predicted molar refractivity (Wildman–Crippen MR) is 102 cm³/mol. The highest BCUT2D eigenvalue weighted by atomic mass is 79.9. The third-order valence-electron chi connectivity index (χ3n) is 3.81. The summed E-state index contributed by atoms with van der Waals surface area (Å²) in [6.07, 6.45) is 0.413. The molecule has 0 spiro atoms. The summed E-state index contributed by atoms with van der Waals surface area (Å²) < 4.78 is 6.36. The Morgan fingerprint density at radius 3 is 2.24 bits per heavy atom. The Hall–Kier alpha value is -2.14. The van der Waals surface area contributed by atoms with Crippen LogP contribution in [0.15, 0.2) is 53.0 Å². The summed E-state index contributed by atoms with van der Waals surface area (Å²) in [5.41, 5.74) is 1.66. The highest BCUT2D eigenvalue weighted by Gasteiger charge is 2.13. The monoisotopic (exact) mass is 403 g/mol. The Labute approximate surface area is 156 Å². The first-order valence-electron chi connectivity index (χ1n) is 8.24. The normalized spacial score (nSPS) is 10.4. The van der Waals surface area contributed by atoms with E-state index in [9.17, 15) is 9.59 Å². The van der Waals surface area contributed by atoms with Crippen LogP contribution in [0.4, 0.5) is 0 Å². The topological polar surface area (TPSA) is 46.6 Å². The molecule has 2 aromatic carbocycles. The molecular weight excluding hydrogens is 382 g/mol. The van der Waals surface area contributed by atoms with Crippen molar-refractivity contribution in [3.63, 3.8) is 0 Å². The molecule has 0 unspecified atom stereocenters. The number of amides is 1. The molecule has 0 saturated carbocycles. The number of ether oxygens (including phenoxy) is 1. The van der Waals surface area contributed by atoms with Gasteiger partial charge >= 0.3 is 0 Å². The van der Waals surface area contributed by atoms with Gasteiger partial charge in [0, 0.05) is 36.5 Å². The lowest BCUT2D eigenvalue weighted by molar-refractivity contribution is -0.130. The second-order valence-electron chi connectivity index (χ2n) is 5.76.